The number of carbonyl (C=O) groups excluding carboxylic acids is 1. The summed E-state index contributed by atoms with van der Waals surface area (Å²) in [6, 6.07) is 10.5. The van der Waals surface area contributed by atoms with Gasteiger partial charge in [-0.2, -0.15) is 5.26 Å². The minimum Gasteiger partial charge on any atom is -0.481 e. The Bertz CT molecular complexity index is 685. The van der Waals surface area contributed by atoms with Gasteiger partial charge in [-0.25, -0.2) is 0 Å². The van der Waals surface area contributed by atoms with Gasteiger partial charge in [0.05, 0.1) is 18.2 Å². The van der Waals surface area contributed by atoms with Crippen LogP contribution < -0.4 is 4.74 Å². The molecule has 1 atom stereocenters. The summed E-state index contributed by atoms with van der Waals surface area (Å²) in [6.07, 6.45) is -0.633. The highest BCUT2D eigenvalue weighted by Gasteiger charge is 2.20. The van der Waals surface area contributed by atoms with Crippen molar-refractivity contribution < 1.29 is 14.1 Å². The molecule has 0 radical (unpaired) electrons. The molecule has 1 amide bonds. The smallest absolute Gasteiger partial charge is 0.263 e. The van der Waals surface area contributed by atoms with E-state index in [4.69, 9.17) is 14.5 Å². The third-order valence-corrected chi connectivity index (χ3v) is 3.10. The molecule has 22 heavy (non-hydrogen) atoms. The number of nitriles is 1. The van der Waals surface area contributed by atoms with Crippen molar-refractivity contribution in [2.45, 2.75) is 26.5 Å². The number of aryl methyl sites for hydroxylation is 1. The fourth-order valence-corrected chi connectivity index (χ4v) is 1.99. The highest BCUT2D eigenvalue weighted by molar-refractivity contribution is 5.80. The van der Waals surface area contributed by atoms with E-state index < -0.39 is 6.10 Å². The number of hydrogen-bond donors (Lipinski definition) is 0. The fraction of sp³-hybridized carbons (Fsp3) is 0.312. The number of aromatic nitrogens is 1. The lowest BCUT2D eigenvalue weighted by Crippen LogP contribution is -2.37. The molecule has 0 fully saturated rings. The third kappa shape index (κ3) is 3.85. The van der Waals surface area contributed by atoms with Gasteiger partial charge < -0.3 is 14.2 Å². The number of ether oxygens (including phenoxy) is 1. The Morgan fingerprint density at radius 2 is 2.14 bits per heavy atom. The molecule has 2 rings (SSSR count). The topological polar surface area (TPSA) is 79.4 Å². The molecule has 1 heterocycles. The summed E-state index contributed by atoms with van der Waals surface area (Å²) in [4.78, 5) is 13.8. The summed E-state index contributed by atoms with van der Waals surface area (Å²) >= 11 is 0. The summed E-state index contributed by atoms with van der Waals surface area (Å²) in [5, 5.41) is 12.6. The molecule has 0 aliphatic rings. The Labute approximate surface area is 128 Å². The second-order valence-corrected chi connectivity index (χ2v) is 5.02. The van der Waals surface area contributed by atoms with Gasteiger partial charge in [-0.05, 0) is 38.1 Å². The van der Waals surface area contributed by atoms with Crippen LogP contribution in [0.1, 0.15) is 23.9 Å². The highest BCUT2D eigenvalue weighted by atomic mass is 16.5. The molecule has 6 nitrogen and oxygen atoms in total. The van der Waals surface area contributed by atoms with E-state index in [-0.39, 0.29) is 5.91 Å². The molecule has 1 unspecified atom stereocenters. The van der Waals surface area contributed by atoms with Crippen LogP contribution in [-0.4, -0.2) is 29.1 Å². The normalized spacial score (nSPS) is 11.5. The van der Waals surface area contributed by atoms with Crippen LogP contribution in [0.25, 0.3) is 0 Å². The van der Waals surface area contributed by atoms with Gasteiger partial charge in [0.1, 0.15) is 17.2 Å². The van der Waals surface area contributed by atoms with E-state index >= 15 is 0 Å². The average Bonchev–Trinajstić information content (AvgIpc) is 2.92. The summed E-state index contributed by atoms with van der Waals surface area (Å²) in [5.41, 5.74) is 1.24. The molecule has 2 aromatic rings. The first-order valence-corrected chi connectivity index (χ1v) is 6.83. The predicted molar refractivity (Wildman–Crippen MR) is 79.0 cm³/mol. The Hall–Kier alpha value is -2.81. The lowest BCUT2D eigenvalue weighted by Gasteiger charge is -2.21. The molecule has 114 valence electrons. The Morgan fingerprint density at radius 1 is 1.45 bits per heavy atom. The molecule has 0 aliphatic carbocycles. The number of nitrogens with zero attached hydrogens (tertiary/aromatic N) is 3. The Kier molecular flexibility index (Phi) is 4.79. The van der Waals surface area contributed by atoms with Crippen LogP contribution in [0.15, 0.2) is 34.9 Å². The molecule has 0 saturated carbocycles. The summed E-state index contributed by atoms with van der Waals surface area (Å²) in [6.45, 7) is 3.84. The molecular weight excluding hydrogens is 282 g/mol. The first-order valence-electron chi connectivity index (χ1n) is 6.83. The van der Waals surface area contributed by atoms with Gasteiger partial charge >= 0.3 is 0 Å². The summed E-state index contributed by atoms with van der Waals surface area (Å²) < 4.78 is 10.6. The molecule has 1 aromatic heterocycles. The van der Waals surface area contributed by atoms with Gasteiger partial charge in [0.15, 0.2) is 6.10 Å². The van der Waals surface area contributed by atoms with Crippen LogP contribution >= 0.6 is 0 Å². The first-order chi connectivity index (χ1) is 10.5. The van der Waals surface area contributed by atoms with E-state index in [2.05, 4.69) is 5.16 Å². The zero-order chi connectivity index (χ0) is 16.1. The lowest BCUT2D eigenvalue weighted by molar-refractivity contribution is -0.137. The average molecular weight is 299 g/mol. The predicted octanol–water partition coefficient (Wildman–Crippen LogP) is 2.28. The molecule has 6 heteroatoms. The molecule has 0 aliphatic heterocycles. The zero-order valence-electron chi connectivity index (χ0n) is 12.7. The van der Waals surface area contributed by atoms with Crippen LogP contribution in [0.2, 0.25) is 0 Å². The number of rotatable bonds is 5. The summed E-state index contributed by atoms with van der Waals surface area (Å²) in [5.74, 6) is 1.09. The van der Waals surface area contributed by atoms with Crippen LogP contribution in [0.5, 0.6) is 5.75 Å². The van der Waals surface area contributed by atoms with Gasteiger partial charge in [0.2, 0.25) is 0 Å². The van der Waals surface area contributed by atoms with Crippen molar-refractivity contribution in [3.63, 3.8) is 0 Å². The molecular formula is C16H17N3O3. The molecule has 1 aromatic carbocycles. The monoisotopic (exact) mass is 299 g/mol. The van der Waals surface area contributed by atoms with Crippen molar-refractivity contribution in [2.75, 3.05) is 7.05 Å². The van der Waals surface area contributed by atoms with Gasteiger partial charge in [-0.15, -0.1) is 0 Å². The number of likely N-dealkylation sites (N-methyl/N-ethyl adjacent to an activating group) is 1. The highest BCUT2D eigenvalue weighted by Crippen LogP contribution is 2.15. The van der Waals surface area contributed by atoms with Crippen molar-refractivity contribution in [2.24, 2.45) is 0 Å². The fourth-order valence-electron chi connectivity index (χ4n) is 1.99. The van der Waals surface area contributed by atoms with E-state index in [0.717, 1.165) is 0 Å². The van der Waals surface area contributed by atoms with E-state index in [1.165, 1.54) is 4.90 Å². The van der Waals surface area contributed by atoms with E-state index in [9.17, 15) is 4.79 Å². The van der Waals surface area contributed by atoms with E-state index in [1.807, 2.05) is 6.07 Å². The minimum absolute atomic E-state index is 0.162. The first kappa shape index (κ1) is 15.6. The SMILES string of the molecule is Cc1cc(CN(C)C(=O)C(C)Oc2ccc(C#N)cc2)no1. The molecule has 0 bridgehead atoms. The van der Waals surface area contributed by atoms with Crippen molar-refractivity contribution in [3.05, 3.63) is 47.3 Å². The maximum absolute atomic E-state index is 12.3. The Balaban J connectivity index is 1.94. The molecule has 0 saturated heterocycles. The largest absolute Gasteiger partial charge is 0.481 e. The van der Waals surface area contributed by atoms with E-state index in [0.29, 0.717) is 29.3 Å². The van der Waals surface area contributed by atoms with Crippen LogP contribution in [0.3, 0.4) is 0 Å². The van der Waals surface area contributed by atoms with Crippen LogP contribution in [0, 0.1) is 18.3 Å². The van der Waals surface area contributed by atoms with Crippen molar-refractivity contribution in [3.8, 4) is 11.8 Å². The van der Waals surface area contributed by atoms with Crippen LogP contribution in [-0.2, 0) is 11.3 Å². The maximum Gasteiger partial charge on any atom is 0.263 e. The van der Waals surface area contributed by atoms with Gasteiger partial charge in [0, 0.05) is 13.1 Å². The standard InChI is InChI=1S/C16H17N3O3/c1-11-8-14(18-22-11)10-19(3)16(20)12(2)21-15-6-4-13(9-17)5-7-15/h4-8,12H,10H2,1-3H3. The number of carbonyl (C=O) groups is 1. The van der Waals surface area contributed by atoms with Gasteiger partial charge in [-0.1, -0.05) is 5.16 Å². The number of amides is 1. The second-order valence-electron chi connectivity index (χ2n) is 5.02. The van der Waals surface area contributed by atoms with Crippen molar-refractivity contribution in [1.82, 2.24) is 10.1 Å². The van der Waals surface area contributed by atoms with Crippen molar-refractivity contribution >= 4 is 5.91 Å². The number of benzene rings is 1. The zero-order valence-corrected chi connectivity index (χ0v) is 12.7. The van der Waals surface area contributed by atoms with Crippen molar-refractivity contribution in [1.29, 1.82) is 5.26 Å². The maximum atomic E-state index is 12.3. The second kappa shape index (κ2) is 6.76. The Morgan fingerprint density at radius 3 is 2.68 bits per heavy atom. The molecule has 0 spiro atoms. The summed E-state index contributed by atoms with van der Waals surface area (Å²) in [7, 11) is 1.69. The van der Waals surface area contributed by atoms with Gasteiger partial charge in [-0.3, -0.25) is 4.79 Å². The minimum atomic E-state index is -0.633. The third-order valence-electron chi connectivity index (χ3n) is 3.10. The van der Waals surface area contributed by atoms with Gasteiger partial charge in [0.25, 0.3) is 5.91 Å². The quantitative estimate of drug-likeness (QED) is 0.846. The molecule has 0 N–H and O–H groups in total. The number of hydrogen-bond acceptors (Lipinski definition) is 5. The van der Waals surface area contributed by atoms with Crippen LogP contribution in [0.4, 0.5) is 0 Å². The lowest BCUT2D eigenvalue weighted by atomic mass is 10.2. The van der Waals surface area contributed by atoms with E-state index in [1.54, 1.807) is 51.2 Å².